The van der Waals surface area contributed by atoms with Crippen molar-refractivity contribution in [3.63, 3.8) is 0 Å². The van der Waals surface area contributed by atoms with E-state index in [0.29, 0.717) is 0 Å². The molecule has 4 heteroatoms. The Morgan fingerprint density at radius 1 is 1.18 bits per heavy atom. The molecule has 0 aliphatic carbocycles. The molecule has 0 saturated heterocycles. The van der Waals surface area contributed by atoms with Crippen LogP contribution in [0.1, 0.15) is 26.4 Å². The van der Waals surface area contributed by atoms with Crippen LogP contribution in [0.2, 0.25) is 4.34 Å². The molecule has 1 aromatic heterocycles. The standard InChI is InChI=1S/C13H10BrClOS/c14-13(11-3-4-12(15)17-11)8-1-2-9-6-16-7-10(9)5-8/h1-5,13H,6-7H2. The van der Waals surface area contributed by atoms with Crippen LogP contribution in [-0.4, -0.2) is 0 Å². The Balaban J connectivity index is 1.94. The Labute approximate surface area is 118 Å². The zero-order valence-electron chi connectivity index (χ0n) is 8.95. The lowest BCUT2D eigenvalue weighted by Gasteiger charge is -2.09. The first kappa shape index (κ1) is 11.7. The normalized spacial score (nSPS) is 15.9. The van der Waals surface area contributed by atoms with Gasteiger partial charge in [-0.25, -0.2) is 0 Å². The van der Waals surface area contributed by atoms with Crippen LogP contribution in [0.5, 0.6) is 0 Å². The number of alkyl halides is 1. The van der Waals surface area contributed by atoms with Gasteiger partial charge in [-0.1, -0.05) is 45.7 Å². The van der Waals surface area contributed by atoms with Crippen molar-refractivity contribution in [3.8, 4) is 0 Å². The van der Waals surface area contributed by atoms with E-state index in [-0.39, 0.29) is 4.83 Å². The van der Waals surface area contributed by atoms with E-state index in [2.05, 4.69) is 40.2 Å². The van der Waals surface area contributed by atoms with Crippen LogP contribution >= 0.6 is 38.9 Å². The lowest BCUT2D eigenvalue weighted by Crippen LogP contribution is -1.92. The van der Waals surface area contributed by atoms with Crippen LogP contribution in [0.3, 0.4) is 0 Å². The Bertz CT molecular complexity index is 552. The minimum Gasteiger partial charge on any atom is -0.372 e. The maximum absolute atomic E-state index is 5.96. The molecule has 1 unspecified atom stereocenters. The van der Waals surface area contributed by atoms with Gasteiger partial charge >= 0.3 is 0 Å². The summed E-state index contributed by atoms with van der Waals surface area (Å²) in [5.41, 5.74) is 3.86. The highest BCUT2D eigenvalue weighted by Gasteiger charge is 2.17. The fourth-order valence-corrected chi connectivity index (χ4v) is 3.76. The second-order valence-electron chi connectivity index (χ2n) is 4.03. The van der Waals surface area contributed by atoms with Gasteiger partial charge in [-0.3, -0.25) is 0 Å². The van der Waals surface area contributed by atoms with Crippen LogP contribution in [0.15, 0.2) is 30.3 Å². The number of benzene rings is 1. The summed E-state index contributed by atoms with van der Waals surface area (Å²) in [6, 6.07) is 10.5. The molecule has 0 spiro atoms. The third kappa shape index (κ3) is 2.29. The van der Waals surface area contributed by atoms with Gasteiger partial charge in [0.1, 0.15) is 0 Å². The van der Waals surface area contributed by atoms with Crippen molar-refractivity contribution in [2.45, 2.75) is 18.0 Å². The Morgan fingerprint density at radius 3 is 2.76 bits per heavy atom. The summed E-state index contributed by atoms with van der Waals surface area (Å²) in [5, 5.41) is 0. The van der Waals surface area contributed by atoms with E-state index in [1.165, 1.54) is 21.6 Å². The second kappa shape index (κ2) is 4.73. The summed E-state index contributed by atoms with van der Waals surface area (Å²) in [7, 11) is 0. The van der Waals surface area contributed by atoms with Gasteiger partial charge in [0.05, 0.1) is 22.4 Å². The molecule has 0 radical (unpaired) electrons. The first-order valence-corrected chi connectivity index (χ1v) is 7.44. The number of fused-ring (bicyclic) bond motifs is 1. The summed E-state index contributed by atoms with van der Waals surface area (Å²) in [5.74, 6) is 0. The highest BCUT2D eigenvalue weighted by atomic mass is 79.9. The first-order chi connectivity index (χ1) is 8.24. The molecule has 0 bridgehead atoms. The van der Waals surface area contributed by atoms with Crippen LogP contribution in [-0.2, 0) is 18.0 Å². The smallest absolute Gasteiger partial charge is 0.0931 e. The maximum atomic E-state index is 5.96. The molecule has 1 nitrogen and oxygen atoms in total. The first-order valence-electron chi connectivity index (χ1n) is 5.33. The highest BCUT2D eigenvalue weighted by Crippen LogP contribution is 2.38. The number of ether oxygens (including phenoxy) is 1. The molecule has 1 aliphatic heterocycles. The topological polar surface area (TPSA) is 9.23 Å². The third-order valence-corrected chi connectivity index (χ3v) is 5.50. The third-order valence-electron chi connectivity index (χ3n) is 2.88. The minimum atomic E-state index is 0.214. The van der Waals surface area contributed by atoms with Crippen LogP contribution in [0, 0.1) is 0 Å². The summed E-state index contributed by atoms with van der Waals surface area (Å²) >= 11 is 11.3. The van der Waals surface area contributed by atoms with E-state index < -0.39 is 0 Å². The fraction of sp³-hybridized carbons (Fsp3) is 0.231. The van der Waals surface area contributed by atoms with Gasteiger partial charge in [0.15, 0.2) is 0 Å². The number of halogens is 2. The second-order valence-corrected chi connectivity index (χ2v) is 6.69. The predicted molar refractivity (Wildman–Crippen MR) is 75.0 cm³/mol. The highest BCUT2D eigenvalue weighted by molar-refractivity contribution is 9.09. The van der Waals surface area contributed by atoms with Crippen molar-refractivity contribution in [3.05, 3.63) is 56.2 Å². The van der Waals surface area contributed by atoms with Crippen molar-refractivity contribution in [1.29, 1.82) is 0 Å². The monoisotopic (exact) mass is 328 g/mol. The predicted octanol–water partition coefficient (Wildman–Crippen LogP) is 4.92. The Hall–Kier alpha value is -0.350. The molecule has 3 rings (SSSR count). The van der Waals surface area contributed by atoms with E-state index in [9.17, 15) is 0 Å². The zero-order chi connectivity index (χ0) is 11.8. The molecule has 0 N–H and O–H groups in total. The average molecular weight is 330 g/mol. The largest absolute Gasteiger partial charge is 0.372 e. The summed E-state index contributed by atoms with van der Waals surface area (Å²) in [6.45, 7) is 1.47. The molecule has 0 fully saturated rings. The van der Waals surface area contributed by atoms with Crippen LogP contribution in [0.4, 0.5) is 0 Å². The molecular weight excluding hydrogens is 320 g/mol. The van der Waals surface area contributed by atoms with Gasteiger partial charge in [-0.15, -0.1) is 11.3 Å². The van der Waals surface area contributed by atoms with E-state index >= 15 is 0 Å². The van der Waals surface area contributed by atoms with E-state index in [4.69, 9.17) is 16.3 Å². The van der Waals surface area contributed by atoms with Gasteiger partial charge in [0, 0.05) is 4.88 Å². The molecular formula is C13H10BrClOS. The molecule has 0 amide bonds. The van der Waals surface area contributed by atoms with Crippen molar-refractivity contribution < 1.29 is 4.74 Å². The number of rotatable bonds is 2. The average Bonchev–Trinajstić information content (AvgIpc) is 2.95. The molecule has 88 valence electrons. The quantitative estimate of drug-likeness (QED) is 0.711. The van der Waals surface area contributed by atoms with Gasteiger partial charge in [0.25, 0.3) is 0 Å². The lowest BCUT2D eigenvalue weighted by atomic mass is 10.0. The van der Waals surface area contributed by atoms with Crippen molar-refractivity contribution in [1.82, 2.24) is 0 Å². The molecule has 1 aromatic carbocycles. The molecule has 2 aromatic rings. The summed E-state index contributed by atoms with van der Waals surface area (Å²) < 4.78 is 6.25. The van der Waals surface area contributed by atoms with Gasteiger partial charge < -0.3 is 4.74 Å². The van der Waals surface area contributed by atoms with Gasteiger partial charge in [0.2, 0.25) is 0 Å². The number of hydrogen-bond acceptors (Lipinski definition) is 2. The molecule has 0 saturated carbocycles. The Kier molecular flexibility index (Phi) is 3.26. The lowest BCUT2D eigenvalue weighted by molar-refractivity contribution is 0.134. The van der Waals surface area contributed by atoms with Crippen molar-refractivity contribution in [2.24, 2.45) is 0 Å². The fourth-order valence-electron chi connectivity index (χ4n) is 1.98. The molecule has 17 heavy (non-hydrogen) atoms. The Morgan fingerprint density at radius 2 is 2.00 bits per heavy atom. The van der Waals surface area contributed by atoms with Crippen LogP contribution in [0.25, 0.3) is 0 Å². The zero-order valence-corrected chi connectivity index (χ0v) is 12.1. The SMILES string of the molecule is Clc1ccc(C(Br)c2ccc3c(c2)COC3)s1. The van der Waals surface area contributed by atoms with Gasteiger partial charge in [-0.2, -0.15) is 0 Å². The minimum absolute atomic E-state index is 0.214. The van der Waals surface area contributed by atoms with Crippen molar-refractivity contribution in [2.75, 3.05) is 0 Å². The number of thiophene rings is 1. The number of hydrogen-bond donors (Lipinski definition) is 0. The van der Waals surface area contributed by atoms with Gasteiger partial charge in [-0.05, 0) is 28.8 Å². The summed E-state index contributed by atoms with van der Waals surface area (Å²) in [4.78, 5) is 1.44. The molecule has 2 heterocycles. The van der Waals surface area contributed by atoms with Crippen molar-refractivity contribution >= 4 is 38.9 Å². The van der Waals surface area contributed by atoms with E-state index in [1.807, 2.05) is 6.07 Å². The van der Waals surface area contributed by atoms with E-state index in [1.54, 1.807) is 11.3 Å². The summed E-state index contributed by atoms with van der Waals surface area (Å²) in [6.07, 6.45) is 0. The molecule has 1 atom stereocenters. The van der Waals surface area contributed by atoms with E-state index in [0.717, 1.165) is 17.6 Å². The van der Waals surface area contributed by atoms with Crippen LogP contribution < -0.4 is 0 Å². The maximum Gasteiger partial charge on any atom is 0.0931 e. The molecule has 1 aliphatic rings.